The van der Waals surface area contributed by atoms with Gasteiger partial charge in [0.1, 0.15) is 17.3 Å². The van der Waals surface area contributed by atoms with Gasteiger partial charge in [0.15, 0.2) is 5.58 Å². The molecule has 2 aromatic carbocycles. The lowest BCUT2D eigenvalue weighted by Gasteiger charge is -2.41. The van der Waals surface area contributed by atoms with Crippen LogP contribution in [0.3, 0.4) is 0 Å². The van der Waals surface area contributed by atoms with Gasteiger partial charge >= 0.3 is 6.01 Å². The molecule has 0 fully saturated rings. The first-order valence-corrected chi connectivity index (χ1v) is 10.8. The van der Waals surface area contributed by atoms with Crippen molar-refractivity contribution in [2.24, 2.45) is 0 Å². The summed E-state index contributed by atoms with van der Waals surface area (Å²) in [7, 11) is 0. The summed E-state index contributed by atoms with van der Waals surface area (Å²) in [5.41, 5.74) is 5.00. The molecule has 6 heteroatoms. The van der Waals surface area contributed by atoms with E-state index in [1.54, 1.807) is 0 Å². The van der Waals surface area contributed by atoms with E-state index in [2.05, 4.69) is 64.9 Å². The van der Waals surface area contributed by atoms with Crippen molar-refractivity contribution >= 4 is 39.2 Å². The molecule has 32 heavy (non-hydrogen) atoms. The van der Waals surface area contributed by atoms with Crippen LogP contribution in [0.15, 0.2) is 75.8 Å². The van der Waals surface area contributed by atoms with Crippen LogP contribution in [-0.4, -0.2) is 21.0 Å². The minimum atomic E-state index is -0.322. The summed E-state index contributed by atoms with van der Waals surface area (Å²) in [5, 5.41) is 2.15. The Morgan fingerprint density at radius 1 is 0.875 bits per heavy atom. The maximum Gasteiger partial charge on any atom is 0.304 e. The number of aromatic nitrogens is 2. The Balaban J connectivity index is 1.42. The van der Waals surface area contributed by atoms with E-state index in [0.717, 1.165) is 33.1 Å². The van der Waals surface area contributed by atoms with E-state index in [-0.39, 0.29) is 11.7 Å². The van der Waals surface area contributed by atoms with Crippen molar-refractivity contribution in [3.8, 4) is 0 Å². The fourth-order valence-electron chi connectivity index (χ4n) is 4.82. The molecule has 0 N–H and O–H groups in total. The Kier molecular flexibility index (Phi) is 3.90. The molecule has 0 saturated heterocycles. The SMILES string of the molecule is Cc1ccc2c(n1)oc1cccc(C(C)(C)N3C=CN(c4nc5ccccc5o4)C3C)c12. The van der Waals surface area contributed by atoms with E-state index in [0.29, 0.717) is 11.7 Å². The molecule has 6 rings (SSSR count). The number of fused-ring (bicyclic) bond motifs is 4. The number of pyridine rings is 1. The van der Waals surface area contributed by atoms with Crippen molar-refractivity contribution in [3.63, 3.8) is 0 Å². The molecule has 6 nitrogen and oxygen atoms in total. The first kappa shape index (κ1) is 18.9. The highest BCUT2D eigenvalue weighted by Crippen LogP contribution is 2.41. The molecule has 4 heterocycles. The van der Waals surface area contributed by atoms with Gasteiger partial charge in [0.2, 0.25) is 5.71 Å². The van der Waals surface area contributed by atoms with E-state index < -0.39 is 0 Å². The molecule has 1 atom stereocenters. The van der Waals surface area contributed by atoms with Gasteiger partial charge in [-0.25, -0.2) is 4.98 Å². The Labute approximate surface area is 185 Å². The van der Waals surface area contributed by atoms with Gasteiger partial charge in [0, 0.05) is 28.9 Å². The van der Waals surface area contributed by atoms with Gasteiger partial charge in [0.25, 0.3) is 0 Å². The van der Waals surface area contributed by atoms with Gasteiger partial charge < -0.3 is 13.7 Å². The minimum Gasteiger partial charge on any atom is -0.438 e. The molecule has 5 aromatic rings. The summed E-state index contributed by atoms with van der Waals surface area (Å²) in [6.07, 6.45) is 4.17. The number of anilines is 1. The first-order valence-electron chi connectivity index (χ1n) is 10.8. The maximum atomic E-state index is 6.10. The van der Waals surface area contributed by atoms with Gasteiger partial charge in [-0.3, -0.25) is 4.90 Å². The number of furan rings is 1. The summed E-state index contributed by atoms with van der Waals surface area (Å²) in [6, 6.07) is 18.8. The van der Waals surface area contributed by atoms with Crippen LogP contribution in [0.2, 0.25) is 0 Å². The number of para-hydroxylation sites is 2. The van der Waals surface area contributed by atoms with Crippen molar-refractivity contribution in [2.45, 2.75) is 39.4 Å². The Morgan fingerprint density at radius 2 is 1.69 bits per heavy atom. The maximum absolute atomic E-state index is 6.10. The second-order valence-electron chi connectivity index (χ2n) is 8.85. The number of benzene rings is 2. The van der Waals surface area contributed by atoms with Crippen molar-refractivity contribution < 1.29 is 8.83 Å². The van der Waals surface area contributed by atoms with Crippen molar-refractivity contribution in [1.29, 1.82) is 0 Å². The quantitative estimate of drug-likeness (QED) is 0.338. The third kappa shape index (κ3) is 2.65. The summed E-state index contributed by atoms with van der Waals surface area (Å²) in [4.78, 5) is 13.7. The third-order valence-corrected chi connectivity index (χ3v) is 6.50. The summed E-state index contributed by atoms with van der Waals surface area (Å²) < 4.78 is 12.1. The molecule has 0 spiro atoms. The normalized spacial score (nSPS) is 16.8. The second kappa shape index (κ2) is 6.60. The van der Waals surface area contributed by atoms with Gasteiger partial charge in [-0.2, -0.15) is 4.98 Å². The van der Waals surface area contributed by atoms with Crippen LogP contribution in [0.25, 0.3) is 33.2 Å². The summed E-state index contributed by atoms with van der Waals surface area (Å²) in [6.45, 7) is 8.61. The number of hydrogen-bond acceptors (Lipinski definition) is 6. The lowest BCUT2D eigenvalue weighted by atomic mass is 9.88. The fraction of sp³-hybridized carbons (Fsp3) is 0.231. The van der Waals surface area contributed by atoms with E-state index in [4.69, 9.17) is 8.83 Å². The highest BCUT2D eigenvalue weighted by molar-refractivity contribution is 6.06. The zero-order valence-electron chi connectivity index (χ0n) is 18.5. The van der Waals surface area contributed by atoms with Crippen molar-refractivity contribution in [1.82, 2.24) is 14.9 Å². The predicted octanol–water partition coefficient (Wildman–Crippen LogP) is 6.31. The average Bonchev–Trinajstić information content (AvgIpc) is 3.46. The molecule has 1 aliphatic heterocycles. The second-order valence-corrected chi connectivity index (χ2v) is 8.85. The molecule has 0 saturated carbocycles. The largest absolute Gasteiger partial charge is 0.438 e. The predicted molar refractivity (Wildman–Crippen MR) is 126 cm³/mol. The number of nitrogens with zero attached hydrogens (tertiary/aromatic N) is 4. The van der Waals surface area contributed by atoms with Crippen LogP contribution in [0.4, 0.5) is 6.01 Å². The lowest BCUT2D eigenvalue weighted by molar-refractivity contribution is 0.152. The van der Waals surface area contributed by atoms with Crippen LogP contribution in [-0.2, 0) is 5.54 Å². The Bertz CT molecular complexity index is 1480. The molecule has 0 aliphatic carbocycles. The number of rotatable bonds is 3. The van der Waals surface area contributed by atoms with E-state index >= 15 is 0 Å². The molecule has 0 amide bonds. The minimum absolute atomic E-state index is 0.0202. The van der Waals surface area contributed by atoms with Crippen LogP contribution in [0.1, 0.15) is 32.0 Å². The van der Waals surface area contributed by atoms with Crippen molar-refractivity contribution in [2.75, 3.05) is 4.90 Å². The van der Waals surface area contributed by atoms with E-state index in [1.807, 2.05) is 49.5 Å². The zero-order valence-corrected chi connectivity index (χ0v) is 18.5. The highest BCUT2D eigenvalue weighted by atomic mass is 16.4. The van der Waals surface area contributed by atoms with Crippen molar-refractivity contribution in [3.05, 3.63) is 78.3 Å². The number of aryl methyl sites for hydroxylation is 1. The summed E-state index contributed by atoms with van der Waals surface area (Å²) >= 11 is 0. The van der Waals surface area contributed by atoms with Crippen LogP contribution in [0, 0.1) is 6.92 Å². The fourth-order valence-corrected chi connectivity index (χ4v) is 4.82. The molecule has 0 bridgehead atoms. The monoisotopic (exact) mass is 424 g/mol. The van der Waals surface area contributed by atoms with Gasteiger partial charge in [0.05, 0.1) is 5.54 Å². The average molecular weight is 425 g/mol. The molecule has 1 unspecified atom stereocenters. The van der Waals surface area contributed by atoms with Crippen LogP contribution < -0.4 is 4.90 Å². The standard InChI is InChI=1S/C26H24N4O2/c1-16-12-13-18-23-19(8-7-11-22(23)31-24(18)27-16)26(3,4)30-15-14-29(17(30)2)25-28-20-9-5-6-10-21(20)32-25/h5-15,17H,1-4H3. The summed E-state index contributed by atoms with van der Waals surface area (Å²) in [5.74, 6) is 0. The molecule has 0 radical (unpaired) electrons. The number of oxazole rings is 1. The van der Waals surface area contributed by atoms with Crippen LogP contribution >= 0.6 is 0 Å². The smallest absolute Gasteiger partial charge is 0.304 e. The molecule has 3 aromatic heterocycles. The van der Waals surface area contributed by atoms with E-state index in [1.165, 1.54) is 5.56 Å². The molecular formula is C26H24N4O2. The Hall–Kier alpha value is -3.80. The van der Waals surface area contributed by atoms with Gasteiger partial charge in [-0.15, -0.1) is 0 Å². The molecule has 160 valence electrons. The van der Waals surface area contributed by atoms with Gasteiger partial charge in [-0.05, 0) is 63.6 Å². The van der Waals surface area contributed by atoms with Crippen LogP contribution in [0.5, 0.6) is 0 Å². The first-order chi connectivity index (χ1) is 15.4. The molecule has 1 aliphatic rings. The number of hydrogen-bond donors (Lipinski definition) is 0. The lowest BCUT2D eigenvalue weighted by Crippen LogP contribution is -2.46. The van der Waals surface area contributed by atoms with E-state index in [9.17, 15) is 0 Å². The molecular weight excluding hydrogens is 400 g/mol. The van der Waals surface area contributed by atoms with Gasteiger partial charge in [-0.1, -0.05) is 24.3 Å². The third-order valence-electron chi connectivity index (χ3n) is 6.50. The zero-order chi connectivity index (χ0) is 22.0. The topological polar surface area (TPSA) is 58.5 Å². The highest BCUT2D eigenvalue weighted by Gasteiger charge is 2.38. The Morgan fingerprint density at radius 3 is 2.53 bits per heavy atom.